The minimum absolute atomic E-state index is 0.379. The van der Waals surface area contributed by atoms with Crippen molar-refractivity contribution in [1.29, 1.82) is 5.26 Å². The lowest BCUT2D eigenvalue weighted by Crippen LogP contribution is -2.34. The number of para-hydroxylation sites is 1. The number of nitriles is 1. The minimum atomic E-state index is -1.06. The maximum atomic E-state index is 10.6. The number of aryl methyl sites for hydroxylation is 1. The molecular formula is C19H18N4O3. The molecule has 2 heterocycles. The smallest absolute Gasteiger partial charge is 0.143 e. The van der Waals surface area contributed by atoms with E-state index in [1.165, 1.54) is 6.33 Å². The van der Waals surface area contributed by atoms with Crippen molar-refractivity contribution in [3.63, 3.8) is 0 Å². The van der Waals surface area contributed by atoms with E-state index in [1.54, 1.807) is 24.3 Å². The van der Waals surface area contributed by atoms with E-state index in [1.807, 2.05) is 23.8 Å². The van der Waals surface area contributed by atoms with Gasteiger partial charge in [0.15, 0.2) is 0 Å². The Labute approximate surface area is 150 Å². The molecule has 1 aliphatic rings. The van der Waals surface area contributed by atoms with E-state index in [2.05, 4.69) is 16.0 Å². The van der Waals surface area contributed by atoms with Gasteiger partial charge < -0.3 is 19.5 Å². The van der Waals surface area contributed by atoms with Gasteiger partial charge in [-0.05, 0) is 25.1 Å². The van der Waals surface area contributed by atoms with E-state index in [4.69, 9.17) is 4.74 Å². The Morgan fingerprint density at radius 1 is 1.19 bits per heavy atom. The quantitative estimate of drug-likeness (QED) is 0.745. The predicted molar refractivity (Wildman–Crippen MR) is 93.5 cm³/mol. The van der Waals surface area contributed by atoms with E-state index in [0.29, 0.717) is 23.4 Å². The van der Waals surface area contributed by atoms with Crippen molar-refractivity contribution in [3.05, 3.63) is 54.1 Å². The summed E-state index contributed by atoms with van der Waals surface area (Å²) in [7, 11) is 0. The Hall–Kier alpha value is -2.95. The fourth-order valence-corrected chi connectivity index (χ4v) is 3.55. The Morgan fingerprint density at radius 2 is 2.00 bits per heavy atom. The molecule has 2 unspecified atom stereocenters. The van der Waals surface area contributed by atoms with Crippen LogP contribution in [0.2, 0.25) is 0 Å². The van der Waals surface area contributed by atoms with E-state index in [-0.39, 0.29) is 6.04 Å². The van der Waals surface area contributed by atoms with E-state index in [9.17, 15) is 15.5 Å². The highest BCUT2D eigenvalue weighted by molar-refractivity contribution is 5.78. The summed E-state index contributed by atoms with van der Waals surface area (Å²) < 4.78 is 7.72. The summed E-state index contributed by atoms with van der Waals surface area (Å²) in [4.78, 5) is 8.50. The van der Waals surface area contributed by atoms with E-state index in [0.717, 1.165) is 11.1 Å². The molecule has 1 aromatic carbocycles. The first-order chi connectivity index (χ1) is 12.6. The van der Waals surface area contributed by atoms with Crippen molar-refractivity contribution in [2.24, 2.45) is 0 Å². The predicted octanol–water partition coefficient (Wildman–Crippen LogP) is 1.73. The highest BCUT2D eigenvalue weighted by atomic mass is 16.5. The maximum absolute atomic E-state index is 10.6. The summed E-state index contributed by atoms with van der Waals surface area (Å²) in [5.41, 5.74) is 1.97. The van der Waals surface area contributed by atoms with Crippen molar-refractivity contribution in [1.82, 2.24) is 14.5 Å². The average Bonchev–Trinajstić information content (AvgIpc) is 3.20. The number of ether oxygens (including phenoxy) is 1. The third-order valence-electron chi connectivity index (χ3n) is 4.95. The summed E-state index contributed by atoms with van der Waals surface area (Å²) in [5, 5.41) is 31.2. The number of hydrogen-bond donors (Lipinski definition) is 2. The first-order valence-electron chi connectivity index (χ1n) is 8.40. The molecule has 0 aliphatic heterocycles. The van der Waals surface area contributed by atoms with E-state index >= 15 is 0 Å². The lowest BCUT2D eigenvalue weighted by atomic mass is 10.2. The lowest BCUT2D eigenvalue weighted by molar-refractivity contribution is -0.0164. The molecule has 1 saturated carbocycles. The molecule has 0 saturated heterocycles. The zero-order valence-corrected chi connectivity index (χ0v) is 14.1. The van der Waals surface area contributed by atoms with Crippen LogP contribution in [0.5, 0.6) is 5.75 Å². The van der Waals surface area contributed by atoms with Crippen LogP contribution in [0.15, 0.2) is 42.9 Å². The molecule has 4 atom stereocenters. The maximum Gasteiger partial charge on any atom is 0.143 e. The molecule has 1 aliphatic carbocycles. The van der Waals surface area contributed by atoms with Crippen LogP contribution in [0, 0.1) is 18.3 Å². The van der Waals surface area contributed by atoms with Gasteiger partial charge in [-0.2, -0.15) is 5.26 Å². The monoisotopic (exact) mass is 350 g/mol. The van der Waals surface area contributed by atoms with Gasteiger partial charge in [-0.25, -0.2) is 9.97 Å². The normalized spacial score (nSPS) is 25.3. The molecule has 132 valence electrons. The summed E-state index contributed by atoms with van der Waals surface area (Å²) >= 11 is 0. The van der Waals surface area contributed by atoms with Gasteiger partial charge in [0.2, 0.25) is 0 Å². The summed E-state index contributed by atoms with van der Waals surface area (Å²) in [5.74, 6) is 0.405. The summed E-state index contributed by atoms with van der Waals surface area (Å²) in [6.45, 7) is 1.90. The van der Waals surface area contributed by atoms with Crippen molar-refractivity contribution in [2.75, 3.05) is 0 Å². The highest BCUT2D eigenvalue weighted by Crippen LogP contribution is 2.36. The number of aliphatic hydroxyl groups is 2. The molecule has 0 amide bonds. The second kappa shape index (κ2) is 6.41. The third kappa shape index (κ3) is 2.60. The number of aliphatic hydroxyl groups excluding tert-OH is 2. The number of nitrogens with zero attached hydrogens (tertiary/aromatic N) is 4. The van der Waals surface area contributed by atoms with Crippen molar-refractivity contribution >= 4 is 11.0 Å². The number of fused-ring (bicyclic) bond motifs is 1. The number of benzene rings is 1. The molecule has 2 N–H and O–H groups in total. The SMILES string of the molecule is Cc1ncnc2c1ccn2[C@H]1C[C@@H](Oc2ccccc2C#N)C(O)C1O. The van der Waals surface area contributed by atoms with Gasteiger partial charge >= 0.3 is 0 Å². The molecule has 2 aromatic heterocycles. The van der Waals surface area contributed by atoms with Gasteiger partial charge in [-0.15, -0.1) is 0 Å². The van der Waals surface area contributed by atoms with E-state index < -0.39 is 18.3 Å². The second-order valence-corrected chi connectivity index (χ2v) is 6.47. The van der Waals surface area contributed by atoms with Gasteiger partial charge in [0, 0.05) is 18.0 Å². The summed E-state index contributed by atoms with van der Waals surface area (Å²) in [6, 6.07) is 10.5. The zero-order chi connectivity index (χ0) is 18.3. The van der Waals surface area contributed by atoms with Crippen molar-refractivity contribution in [2.45, 2.75) is 37.7 Å². The molecule has 7 nitrogen and oxygen atoms in total. The Kier molecular flexibility index (Phi) is 4.07. The largest absolute Gasteiger partial charge is 0.486 e. The molecule has 0 radical (unpaired) electrons. The van der Waals surface area contributed by atoms with Crippen molar-refractivity contribution < 1.29 is 14.9 Å². The van der Waals surface area contributed by atoms with Gasteiger partial charge in [0.25, 0.3) is 0 Å². The fraction of sp³-hybridized carbons (Fsp3) is 0.316. The minimum Gasteiger partial charge on any atom is -0.486 e. The second-order valence-electron chi connectivity index (χ2n) is 6.47. The van der Waals surface area contributed by atoms with Crippen LogP contribution in [0.25, 0.3) is 11.0 Å². The zero-order valence-electron chi connectivity index (χ0n) is 14.1. The van der Waals surface area contributed by atoms with Gasteiger partial charge in [-0.1, -0.05) is 12.1 Å². The topological polar surface area (TPSA) is 104 Å². The van der Waals surface area contributed by atoms with Crippen LogP contribution in [0.3, 0.4) is 0 Å². The number of hydrogen-bond acceptors (Lipinski definition) is 6. The average molecular weight is 350 g/mol. The number of rotatable bonds is 3. The van der Waals surface area contributed by atoms with Crippen LogP contribution in [0.1, 0.15) is 23.7 Å². The molecule has 1 fully saturated rings. The van der Waals surface area contributed by atoms with Crippen LogP contribution in [-0.4, -0.2) is 43.1 Å². The standard InChI is InChI=1S/C19H18N4O3/c1-11-13-6-7-23(19(13)22-10-21-11)14-8-16(18(25)17(14)24)26-15-5-3-2-4-12(15)9-20/h2-7,10,14,16-18,24-25H,8H2,1H3/t14-,16+,17?,18?/m0/s1. The number of aromatic nitrogens is 3. The van der Waals surface area contributed by atoms with Crippen LogP contribution < -0.4 is 4.74 Å². The summed E-state index contributed by atoms with van der Waals surface area (Å²) in [6.07, 6.45) is 1.05. The molecule has 0 spiro atoms. The van der Waals surface area contributed by atoms with Crippen LogP contribution in [-0.2, 0) is 0 Å². The Bertz CT molecular complexity index is 994. The first kappa shape index (κ1) is 16.5. The van der Waals surface area contributed by atoms with Crippen molar-refractivity contribution in [3.8, 4) is 11.8 Å². The highest BCUT2D eigenvalue weighted by Gasteiger charge is 2.44. The molecule has 0 bridgehead atoms. The molecule has 4 rings (SSSR count). The van der Waals surface area contributed by atoms with Crippen LogP contribution >= 0.6 is 0 Å². The van der Waals surface area contributed by atoms with Gasteiger partial charge in [-0.3, -0.25) is 0 Å². The molecule has 3 aromatic rings. The first-order valence-corrected chi connectivity index (χ1v) is 8.40. The van der Waals surface area contributed by atoms with Crippen LogP contribution in [0.4, 0.5) is 0 Å². The third-order valence-corrected chi connectivity index (χ3v) is 4.95. The molecular weight excluding hydrogens is 332 g/mol. The van der Waals surface area contributed by atoms with Gasteiger partial charge in [0.05, 0.1) is 17.3 Å². The Balaban J connectivity index is 1.64. The van der Waals surface area contributed by atoms with Gasteiger partial charge in [0.1, 0.15) is 42.1 Å². The Morgan fingerprint density at radius 3 is 2.81 bits per heavy atom. The lowest BCUT2D eigenvalue weighted by Gasteiger charge is -2.19. The molecule has 26 heavy (non-hydrogen) atoms. The fourth-order valence-electron chi connectivity index (χ4n) is 3.55. The molecule has 7 heteroatoms.